The van der Waals surface area contributed by atoms with Crippen molar-refractivity contribution in [2.45, 2.75) is 24.1 Å². The van der Waals surface area contributed by atoms with Gasteiger partial charge in [-0.25, -0.2) is 0 Å². The molecular formula is C12H13F3N2OS. The van der Waals surface area contributed by atoms with E-state index < -0.39 is 18.8 Å². The molecule has 0 amide bonds. The molecule has 0 saturated carbocycles. The smallest absolute Gasteiger partial charge is 0.382 e. The monoisotopic (exact) mass is 290 g/mol. The van der Waals surface area contributed by atoms with E-state index in [4.69, 9.17) is 10.4 Å². The maximum absolute atomic E-state index is 12.2. The Morgan fingerprint density at radius 3 is 2.68 bits per heavy atom. The second-order valence-electron chi connectivity index (χ2n) is 3.66. The molecule has 1 atom stereocenters. The van der Waals surface area contributed by atoms with Crippen molar-refractivity contribution in [3.63, 3.8) is 0 Å². The number of nitrogens with one attached hydrogen (secondary N) is 1. The fourth-order valence-electron chi connectivity index (χ4n) is 1.39. The lowest BCUT2D eigenvalue weighted by atomic mass is 10.2. The molecule has 0 aliphatic rings. The summed E-state index contributed by atoms with van der Waals surface area (Å²) >= 11 is 1.43. The van der Waals surface area contributed by atoms with E-state index in [0.29, 0.717) is 16.1 Å². The third kappa shape index (κ3) is 4.33. The van der Waals surface area contributed by atoms with Crippen LogP contribution in [0, 0.1) is 11.3 Å². The number of benzene rings is 1. The van der Waals surface area contributed by atoms with Crippen LogP contribution in [-0.2, 0) is 0 Å². The van der Waals surface area contributed by atoms with Crippen molar-refractivity contribution in [1.82, 2.24) is 0 Å². The zero-order valence-electron chi connectivity index (χ0n) is 10.2. The van der Waals surface area contributed by atoms with Crippen LogP contribution in [0.3, 0.4) is 0 Å². The van der Waals surface area contributed by atoms with E-state index >= 15 is 0 Å². The van der Waals surface area contributed by atoms with Crippen molar-refractivity contribution in [2.75, 3.05) is 17.6 Å². The predicted molar refractivity (Wildman–Crippen MR) is 68.1 cm³/mol. The highest BCUT2D eigenvalue weighted by Crippen LogP contribution is 2.28. The number of aliphatic hydroxyl groups is 1. The van der Waals surface area contributed by atoms with Crippen LogP contribution in [0.5, 0.6) is 0 Å². The molecule has 1 unspecified atom stereocenters. The Hall–Kier alpha value is -1.39. The number of nitrogens with zero attached hydrogens (tertiary/aromatic N) is 1. The van der Waals surface area contributed by atoms with E-state index in [1.807, 2.05) is 13.0 Å². The summed E-state index contributed by atoms with van der Waals surface area (Å²) < 4.78 is 36.5. The summed E-state index contributed by atoms with van der Waals surface area (Å²) in [6.07, 6.45) is -7.13. The molecule has 0 spiro atoms. The van der Waals surface area contributed by atoms with Gasteiger partial charge in [0, 0.05) is 11.4 Å². The Kier molecular flexibility index (Phi) is 5.51. The third-order valence-corrected chi connectivity index (χ3v) is 3.24. The van der Waals surface area contributed by atoms with E-state index in [-0.39, 0.29) is 0 Å². The largest absolute Gasteiger partial charge is 0.416 e. The Bertz CT molecular complexity index is 471. The van der Waals surface area contributed by atoms with Gasteiger partial charge in [0.2, 0.25) is 0 Å². The lowest BCUT2D eigenvalue weighted by molar-refractivity contribution is -0.198. The summed E-state index contributed by atoms with van der Waals surface area (Å²) in [6, 6.07) is 6.87. The van der Waals surface area contributed by atoms with Gasteiger partial charge in [0.05, 0.1) is 11.3 Å². The summed E-state index contributed by atoms with van der Waals surface area (Å²) in [7, 11) is 0. The standard InChI is InChI=1S/C12H13F3N2OS/c1-2-19-10-5-3-4-9(8(10)6-16)17-7-11(18)12(13,14)15/h3-5,11,17-18H,2,7H2,1H3. The fraction of sp³-hybridized carbons (Fsp3) is 0.417. The molecule has 0 aliphatic carbocycles. The van der Waals surface area contributed by atoms with Crippen molar-refractivity contribution in [3.8, 4) is 6.07 Å². The minimum absolute atomic E-state index is 0.295. The lowest BCUT2D eigenvalue weighted by Crippen LogP contribution is -2.35. The highest BCUT2D eigenvalue weighted by molar-refractivity contribution is 7.99. The first-order valence-corrected chi connectivity index (χ1v) is 6.53. The molecule has 1 aromatic rings. The first-order valence-electron chi connectivity index (χ1n) is 5.54. The second kappa shape index (κ2) is 6.68. The third-order valence-electron chi connectivity index (χ3n) is 2.30. The van der Waals surface area contributed by atoms with Gasteiger partial charge in [-0.05, 0) is 17.9 Å². The first-order chi connectivity index (χ1) is 8.90. The highest BCUT2D eigenvalue weighted by atomic mass is 32.2. The summed E-state index contributed by atoms with van der Waals surface area (Å²) in [5, 5.41) is 20.4. The molecule has 0 bridgehead atoms. The van der Waals surface area contributed by atoms with Crippen molar-refractivity contribution in [3.05, 3.63) is 23.8 Å². The van der Waals surface area contributed by atoms with Crippen LogP contribution in [-0.4, -0.2) is 29.7 Å². The molecule has 0 aromatic heterocycles. The van der Waals surface area contributed by atoms with Crippen molar-refractivity contribution >= 4 is 17.4 Å². The van der Waals surface area contributed by atoms with E-state index in [1.54, 1.807) is 12.1 Å². The van der Waals surface area contributed by atoms with Crippen molar-refractivity contribution in [2.24, 2.45) is 0 Å². The van der Waals surface area contributed by atoms with Crippen LogP contribution in [0.1, 0.15) is 12.5 Å². The van der Waals surface area contributed by atoms with Gasteiger partial charge < -0.3 is 10.4 Å². The number of hydrogen-bond donors (Lipinski definition) is 2. The summed E-state index contributed by atoms with van der Waals surface area (Å²) in [5.41, 5.74) is 0.591. The van der Waals surface area contributed by atoms with Crippen LogP contribution in [0.4, 0.5) is 18.9 Å². The molecule has 19 heavy (non-hydrogen) atoms. The predicted octanol–water partition coefficient (Wildman–Crippen LogP) is 3.01. The topological polar surface area (TPSA) is 56.0 Å². The maximum atomic E-state index is 12.2. The average Bonchev–Trinajstić information content (AvgIpc) is 2.35. The van der Waals surface area contributed by atoms with Crippen LogP contribution < -0.4 is 5.32 Å². The molecule has 2 N–H and O–H groups in total. The quantitative estimate of drug-likeness (QED) is 0.819. The van der Waals surface area contributed by atoms with Crippen LogP contribution in [0.25, 0.3) is 0 Å². The van der Waals surface area contributed by atoms with Gasteiger partial charge in [-0.15, -0.1) is 11.8 Å². The normalized spacial score (nSPS) is 12.8. The van der Waals surface area contributed by atoms with Gasteiger partial charge in [-0.3, -0.25) is 0 Å². The number of hydrogen-bond acceptors (Lipinski definition) is 4. The molecule has 1 aromatic carbocycles. The molecule has 104 valence electrons. The van der Waals surface area contributed by atoms with Crippen LogP contribution >= 0.6 is 11.8 Å². The van der Waals surface area contributed by atoms with Gasteiger partial charge in [0.25, 0.3) is 0 Å². The molecule has 0 heterocycles. The Labute approximate surface area is 113 Å². The van der Waals surface area contributed by atoms with Gasteiger partial charge in [-0.2, -0.15) is 18.4 Å². The van der Waals surface area contributed by atoms with Crippen LogP contribution in [0.2, 0.25) is 0 Å². The van der Waals surface area contributed by atoms with Crippen molar-refractivity contribution in [1.29, 1.82) is 5.26 Å². The number of thioether (sulfide) groups is 1. The summed E-state index contributed by atoms with van der Waals surface area (Å²) in [4.78, 5) is 0.705. The Morgan fingerprint density at radius 2 is 2.16 bits per heavy atom. The van der Waals surface area contributed by atoms with Gasteiger partial charge in [-0.1, -0.05) is 13.0 Å². The molecule has 3 nitrogen and oxygen atoms in total. The molecule has 0 saturated heterocycles. The average molecular weight is 290 g/mol. The lowest BCUT2D eigenvalue weighted by Gasteiger charge is -2.17. The number of aliphatic hydroxyl groups excluding tert-OH is 1. The Morgan fingerprint density at radius 1 is 1.47 bits per heavy atom. The van der Waals surface area contributed by atoms with E-state index in [1.165, 1.54) is 17.8 Å². The van der Waals surface area contributed by atoms with E-state index in [2.05, 4.69) is 5.32 Å². The fourth-order valence-corrected chi connectivity index (χ4v) is 2.18. The molecule has 7 heteroatoms. The zero-order chi connectivity index (χ0) is 14.5. The SMILES string of the molecule is CCSc1cccc(NCC(O)C(F)(F)F)c1C#N. The number of rotatable bonds is 5. The highest BCUT2D eigenvalue weighted by Gasteiger charge is 2.37. The van der Waals surface area contributed by atoms with Gasteiger partial charge >= 0.3 is 6.18 Å². The van der Waals surface area contributed by atoms with E-state index in [9.17, 15) is 13.2 Å². The molecular weight excluding hydrogens is 277 g/mol. The Balaban J connectivity index is 2.85. The minimum Gasteiger partial charge on any atom is -0.382 e. The van der Waals surface area contributed by atoms with Crippen molar-refractivity contribution < 1.29 is 18.3 Å². The molecule has 0 aliphatic heterocycles. The van der Waals surface area contributed by atoms with E-state index in [0.717, 1.165) is 5.75 Å². The first kappa shape index (κ1) is 15.7. The number of nitriles is 1. The number of anilines is 1. The maximum Gasteiger partial charge on any atom is 0.416 e. The molecule has 0 fully saturated rings. The molecule has 1 rings (SSSR count). The zero-order valence-corrected chi connectivity index (χ0v) is 11.0. The van der Waals surface area contributed by atoms with Crippen LogP contribution in [0.15, 0.2) is 23.1 Å². The summed E-state index contributed by atoms with van der Waals surface area (Å²) in [6.45, 7) is 1.23. The molecule has 0 radical (unpaired) electrons. The number of halogens is 3. The minimum atomic E-state index is -4.67. The second-order valence-corrected chi connectivity index (χ2v) is 4.97. The van der Waals surface area contributed by atoms with Gasteiger partial charge in [0.15, 0.2) is 6.10 Å². The number of alkyl halides is 3. The van der Waals surface area contributed by atoms with Gasteiger partial charge in [0.1, 0.15) is 6.07 Å². The summed E-state index contributed by atoms with van der Waals surface area (Å²) in [5.74, 6) is 0.753.